The van der Waals surface area contributed by atoms with E-state index >= 15 is 0 Å². The van der Waals surface area contributed by atoms with Crippen molar-refractivity contribution >= 4 is 17.5 Å². The summed E-state index contributed by atoms with van der Waals surface area (Å²) in [6.45, 7) is 5.92. The summed E-state index contributed by atoms with van der Waals surface area (Å²) in [5.74, 6) is 1.09. The number of ether oxygens (including phenoxy) is 3. The van der Waals surface area contributed by atoms with Crippen molar-refractivity contribution in [1.29, 1.82) is 0 Å². The maximum absolute atomic E-state index is 12.9. The van der Waals surface area contributed by atoms with E-state index < -0.39 is 0 Å². The van der Waals surface area contributed by atoms with Gasteiger partial charge in [-0.15, -0.1) is 0 Å². The third-order valence-electron chi connectivity index (χ3n) is 4.73. The van der Waals surface area contributed by atoms with Gasteiger partial charge in [0.2, 0.25) is 17.6 Å². The van der Waals surface area contributed by atoms with Gasteiger partial charge in [-0.05, 0) is 12.8 Å². The molecule has 0 aromatic heterocycles. The maximum Gasteiger partial charge on any atom is 0.228 e. The van der Waals surface area contributed by atoms with Crippen molar-refractivity contribution in [3.05, 3.63) is 12.1 Å². The molecule has 1 aromatic carbocycles. The Morgan fingerprint density at radius 3 is 2.07 bits per heavy atom. The normalized spacial score (nSPS) is 16.4. The predicted octanol–water partition coefficient (Wildman–Crippen LogP) is 2.71. The van der Waals surface area contributed by atoms with Crippen LogP contribution < -0.4 is 19.1 Å². The van der Waals surface area contributed by atoms with E-state index in [0.717, 1.165) is 25.9 Å². The summed E-state index contributed by atoms with van der Waals surface area (Å²) in [5.41, 5.74) is 0.641. The average molecular weight is 378 g/mol. The summed E-state index contributed by atoms with van der Waals surface area (Å²) in [5, 5.41) is 0. The molecule has 1 heterocycles. The van der Waals surface area contributed by atoms with E-state index in [1.165, 1.54) is 21.3 Å². The number of nitrogens with zero attached hydrogens (tertiary/aromatic N) is 2. The highest BCUT2D eigenvalue weighted by molar-refractivity contribution is 6.00. The van der Waals surface area contributed by atoms with Crippen LogP contribution in [0.25, 0.3) is 0 Å². The summed E-state index contributed by atoms with van der Waals surface area (Å²) >= 11 is 0. The second-order valence-electron chi connectivity index (χ2n) is 6.61. The standard InChI is InChI=1S/C20H30N2O5/c1-6-8-21(9-7-2)20(24)14-10-18(23)22(13-14)15-11-16(25-3)19(27-5)17(12-15)26-4/h11-12,14H,6-10,13H2,1-5H3. The number of carbonyl (C=O) groups excluding carboxylic acids is 2. The summed E-state index contributed by atoms with van der Waals surface area (Å²) in [6, 6.07) is 3.48. The second kappa shape index (κ2) is 9.48. The van der Waals surface area contributed by atoms with Crippen LogP contribution >= 0.6 is 0 Å². The zero-order valence-electron chi connectivity index (χ0n) is 16.9. The molecule has 1 aliphatic heterocycles. The lowest BCUT2D eigenvalue weighted by Crippen LogP contribution is -2.38. The molecule has 0 aliphatic carbocycles. The van der Waals surface area contributed by atoms with Crippen LogP contribution in [0.4, 0.5) is 5.69 Å². The van der Waals surface area contributed by atoms with Crippen LogP contribution in [0.15, 0.2) is 12.1 Å². The molecule has 7 heteroatoms. The fourth-order valence-corrected chi connectivity index (χ4v) is 3.48. The molecule has 0 spiro atoms. The van der Waals surface area contributed by atoms with E-state index in [0.29, 0.717) is 29.5 Å². The molecule has 1 saturated heterocycles. The van der Waals surface area contributed by atoms with Gasteiger partial charge in [0, 0.05) is 38.2 Å². The number of rotatable bonds is 9. The van der Waals surface area contributed by atoms with Crippen molar-refractivity contribution in [3.63, 3.8) is 0 Å². The zero-order chi connectivity index (χ0) is 20.0. The molecule has 7 nitrogen and oxygen atoms in total. The third-order valence-corrected chi connectivity index (χ3v) is 4.73. The molecule has 0 bridgehead atoms. The third kappa shape index (κ3) is 4.46. The highest BCUT2D eigenvalue weighted by Gasteiger charge is 2.37. The van der Waals surface area contributed by atoms with E-state index in [9.17, 15) is 9.59 Å². The molecule has 1 aliphatic rings. The highest BCUT2D eigenvalue weighted by atomic mass is 16.5. The molecule has 1 atom stereocenters. The van der Waals surface area contributed by atoms with Crippen molar-refractivity contribution in [3.8, 4) is 17.2 Å². The number of hydrogen-bond acceptors (Lipinski definition) is 5. The molecular formula is C20H30N2O5. The molecule has 1 aromatic rings. The Kier molecular flexibility index (Phi) is 7.33. The lowest BCUT2D eigenvalue weighted by Gasteiger charge is -2.25. The van der Waals surface area contributed by atoms with E-state index in [4.69, 9.17) is 14.2 Å². The number of anilines is 1. The lowest BCUT2D eigenvalue weighted by atomic mass is 10.1. The van der Waals surface area contributed by atoms with Gasteiger partial charge in [-0.3, -0.25) is 9.59 Å². The average Bonchev–Trinajstić information content (AvgIpc) is 3.07. The minimum absolute atomic E-state index is 0.0574. The Morgan fingerprint density at radius 1 is 1.07 bits per heavy atom. The van der Waals surface area contributed by atoms with Gasteiger partial charge in [0.15, 0.2) is 11.5 Å². The summed E-state index contributed by atoms with van der Waals surface area (Å²) < 4.78 is 16.1. The quantitative estimate of drug-likeness (QED) is 0.661. The Bertz CT molecular complexity index is 645. The fourth-order valence-electron chi connectivity index (χ4n) is 3.48. The van der Waals surface area contributed by atoms with Gasteiger partial charge >= 0.3 is 0 Å². The van der Waals surface area contributed by atoms with Crippen molar-refractivity contribution in [1.82, 2.24) is 4.90 Å². The fraction of sp³-hybridized carbons (Fsp3) is 0.600. The maximum atomic E-state index is 12.9. The van der Waals surface area contributed by atoms with Crippen LogP contribution in [-0.4, -0.2) is 57.7 Å². The van der Waals surface area contributed by atoms with E-state index in [1.807, 2.05) is 4.90 Å². The Hall–Kier alpha value is -2.44. The number of benzene rings is 1. The topological polar surface area (TPSA) is 68.3 Å². The van der Waals surface area contributed by atoms with Gasteiger partial charge < -0.3 is 24.0 Å². The molecule has 2 amide bonds. The number of hydrogen-bond donors (Lipinski definition) is 0. The van der Waals surface area contributed by atoms with Gasteiger partial charge in [0.1, 0.15) is 0 Å². The molecule has 150 valence electrons. The molecular weight excluding hydrogens is 348 g/mol. The summed E-state index contributed by atoms with van der Waals surface area (Å²) in [7, 11) is 4.60. The van der Waals surface area contributed by atoms with E-state index in [-0.39, 0.29) is 24.2 Å². The van der Waals surface area contributed by atoms with Gasteiger partial charge in [0.25, 0.3) is 0 Å². The molecule has 27 heavy (non-hydrogen) atoms. The summed E-state index contributed by atoms with van der Waals surface area (Å²) in [6.07, 6.45) is 2.03. The van der Waals surface area contributed by atoms with Crippen LogP contribution in [0.3, 0.4) is 0 Å². The van der Waals surface area contributed by atoms with Crippen molar-refractivity contribution in [2.75, 3.05) is 45.9 Å². The van der Waals surface area contributed by atoms with Crippen molar-refractivity contribution < 1.29 is 23.8 Å². The molecule has 0 saturated carbocycles. The first-order valence-electron chi connectivity index (χ1n) is 9.39. The van der Waals surface area contributed by atoms with Gasteiger partial charge in [0.05, 0.1) is 32.9 Å². The number of methoxy groups -OCH3 is 3. The van der Waals surface area contributed by atoms with E-state index in [1.54, 1.807) is 17.0 Å². The van der Waals surface area contributed by atoms with Crippen molar-refractivity contribution in [2.45, 2.75) is 33.1 Å². The van der Waals surface area contributed by atoms with Crippen molar-refractivity contribution in [2.24, 2.45) is 5.92 Å². The monoisotopic (exact) mass is 378 g/mol. The van der Waals surface area contributed by atoms with Crippen LogP contribution in [-0.2, 0) is 9.59 Å². The van der Waals surface area contributed by atoms with Crippen LogP contribution in [0.5, 0.6) is 17.2 Å². The SMILES string of the molecule is CCCN(CCC)C(=O)C1CC(=O)N(c2cc(OC)c(OC)c(OC)c2)C1. The Morgan fingerprint density at radius 2 is 1.63 bits per heavy atom. The first-order chi connectivity index (χ1) is 13.0. The zero-order valence-corrected chi connectivity index (χ0v) is 16.9. The first kappa shape index (κ1) is 20.9. The Balaban J connectivity index is 2.26. The molecule has 1 fully saturated rings. The number of carbonyl (C=O) groups is 2. The minimum atomic E-state index is -0.324. The van der Waals surface area contributed by atoms with Crippen LogP contribution in [0.1, 0.15) is 33.1 Å². The van der Waals surface area contributed by atoms with Crippen LogP contribution in [0.2, 0.25) is 0 Å². The van der Waals surface area contributed by atoms with E-state index in [2.05, 4.69) is 13.8 Å². The Labute approximate surface area is 161 Å². The second-order valence-corrected chi connectivity index (χ2v) is 6.61. The summed E-state index contributed by atoms with van der Waals surface area (Å²) in [4.78, 5) is 29.0. The predicted molar refractivity (Wildman–Crippen MR) is 104 cm³/mol. The van der Waals surface area contributed by atoms with Gasteiger partial charge in [-0.2, -0.15) is 0 Å². The number of amides is 2. The van der Waals surface area contributed by atoms with Crippen LogP contribution in [0, 0.1) is 5.92 Å². The molecule has 0 radical (unpaired) electrons. The first-order valence-corrected chi connectivity index (χ1v) is 9.39. The highest BCUT2D eigenvalue weighted by Crippen LogP contribution is 2.42. The smallest absolute Gasteiger partial charge is 0.228 e. The molecule has 2 rings (SSSR count). The van der Waals surface area contributed by atoms with Gasteiger partial charge in [-0.1, -0.05) is 13.8 Å². The lowest BCUT2D eigenvalue weighted by molar-refractivity contribution is -0.135. The minimum Gasteiger partial charge on any atom is -0.493 e. The van der Waals surface area contributed by atoms with Gasteiger partial charge in [-0.25, -0.2) is 0 Å². The largest absolute Gasteiger partial charge is 0.493 e. The molecule has 0 N–H and O–H groups in total. The molecule has 1 unspecified atom stereocenters.